The van der Waals surface area contributed by atoms with Crippen molar-refractivity contribution in [3.63, 3.8) is 0 Å². The van der Waals surface area contributed by atoms with Gasteiger partial charge in [0.05, 0.1) is 11.1 Å². The van der Waals surface area contributed by atoms with Gasteiger partial charge in [-0.05, 0) is 66.6 Å². The number of carbonyl (C=O) groups excluding carboxylic acids is 5. The van der Waals surface area contributed by atoms with E-state index in [1.165, 1.54) is 0 Å². The zero-order chi connectivity index (χ0) is 40.0. The molecular weight excluding hydrogens is 681 g/mol. The van der Waals surface area contributed by atoms with Gasteiger partial charge in [0.25, 0.3) is 0 Å². The number of ketones is 5. The van der Waals surface area contributed by atoms with Crippen LogP contribution in [0.25, 0.3) is 12.2 Å². The largest absolute Gasteiger partial charge is 0.324 e. The molecule has 0 spiro atoms. The molecule has 0 amide bonds. The summed E-state index contributed by atoms with van der Waals surface area (Å²) < 4.78 is 0. The highest BCUT2D eigenvalue weighted by Gasteiger charge is 2.16. The second kappa shape index (κ2) is 23.5. The summed E-state index contributed by atoms with van der Waals surface area (Å²) in [7, 11) is 0. The topological polar surface area (TPSA) is 160 Å². The van der Waals surface area contributed by atoms with Crippen molar-refractivity contribution in [1.82, 2.24) is 15.0 Å². The fourth-order valence-electron chi connectivity index (χ4n) is 4.51. The van der Waals surface area contributed by atoms with Gasteiger partial charge >= 0.3 is 0 Å². The number of nitrogens with one attached hydrogen (secondary N) is 3. The molecule has 0 aliphatic heterocycles. The van der Waals surface area contributed by atoms with Crippen molar-refractivity contribution in [3.8, 4) is 0 Å². The first-order valence-electron chi connectivity index (χ1n) is 18.4. The Kier molecular flexibility index (Phi) is 19.1. The number of para-hydroxylation sites is 1. The summed E-state index contributed by atoms with van der Waals surface area (Å²) in [5.74, 6) is 0.365. The summed E-state index contributed by atoms with van der Waals surface area (Å²) in [5.41, 5.74) is 4.02. The van der Waals surface area contributed by atoms with Crippen LogP contribution in [-0.2, 0) is 24.0 Å². The third-order valence-corrected chi connectivity index (χ3v) is 7.60. The molecule has 54 heavy (non-hydrogen) atoms. The van der Waals surface area contributed by atoms with E-state index in [2.05, 4.69) is 30.9 Å². The van der Waals surface area contributed by atoms with Crippen LogP contribution < -0.4 is 16.0 Å². The molecule has 11 nitrogen and oxygen atoms in total. The molecular formula is C43H52N6O5. The molecule has 284 valence electrons. The average molecular weight is 733 g/mol. The molecule has 0 unspecified atom stereocenters. The van der Waals surface area contributed by atoms with Crippen LogP contribution in [0.5, 0.6) is 0 Å². The summed E-state index contributed by atoms with van der Waals surface area (Å²) >= 11 is 0. The lowest BCUT2D eigenvalue weighted by atomic mass is 10.00. The van der Waals surface area contributed by atoms with E-state index in [-0.39, 0.29) is 77.6 Å². The Bertz CT molecular complexity index is 1770. The lowest BCUT2D eigenvalue weighted by Crippen LogP contribution is -2.11. The van der Waals surface area contributed by atoms with Crippen molar-refractivity contribution in [3.05, 3.63) is 101 Å². The van der Waals surface area contributed by atoms with Crippen LogP contribution in [0.4, 0.5) is 34.9 Å². The van der Waals surface area contributed by atoms with Crippen molar-refractivity contribution in [2.75, 3.05) is 16.0 Å². The molecule has 0 saturated heterocycles. The molecule has 0 radical (unpaired) electrons. The lowest BCUT2D eigenvalue weighted by Gasteiger charge is -2.12. The molecule has 3 aromatic carbocycles. The van der Waals surface area contributed by atoms with Gasteiger partial charge in [-0.15, -0.1) is 0 Å². The molecule has 0 atom stereocenters. The average Bonchev–Trinajstić information content (AvgIpc) is 3.20. The van der Waals surface area contributed by atoms with E-state index in [4.69, 9.17) is 0 Å². The van der Waals surface area contributed by atoms with Crippen LogP contribution in [-0.4, -0.2) is 43.9 Å². The molecule has 4 rings (SSSR count). The Balaban J connectivity index is 0.00000133. The number of hydrogen-bond donors (Lipinski definition) is 3. The van der Waals surface area contributed by atoms with E-state index in [0.717, 1.165) is 16.8 Å². The third-order valence-electron chi connectivity index (χ3n) is 7.60. The molecule has 0 fully saturated rings. The predicted octanol–water partition coefficient (Wildman–Crippen LogP) is 9.80. The van der Waals surface area contributed by atoms with Gasteiger partial charge in [0.1, 0.15) is 5.78 Å². The smallest absolute Gasteiger partial charge is 0.233 e. The zero-order valence-corrected chi connectivity index (χ0v) is 32.6. The van der Waals surface area contributed by atoms with Crippen LogP contribution in [0, 0.1) is 0 Å². The van der Waals surface area contributed by atoms with Gasteiger partial charge in [-0.2, -0.15) is 15.0 Å². The second-order valence-corrected chi connectivity index (χ2v) is 11.6. The van der Waals surface area contributed by atoms with E-state index in [1.807, 2.05) is 75.4 Å². The predicted molar refractivity (Wildman–Crippen MR) is 218 cm³/mol. The maximum atomic E-state index is 12.3. The number of carbonyl (C=O) groups is 5. The molecule has 0 saturated carbocycles. The van der Waals surface area contributed by atoms with Crippen LogP contribution in [0.2, 0.25) is 0 Å². The first kappa shape index (κ1) is 44.1. The normalized spacial score (nSPS) is 9.85. The van der Waals surface area contributed by atoms with Crippen molar-refractivity contribution < 1.29 is 24.0 Å². The highest BCUT2D eigenvalue weighted by atomic mass is 16.2. The molecule has 0 aliphatic carbocycles. The number of Topliss-reactive ketones (excluding diaryl/α,β-unsaturated/α-hetero) is 5. The van der Waals surface area contributed by atoms with Crippen LogP contribution in [0.15, 0.2) is 90.0 Å². The van der Waals surface area contributed by atoms with Gasteiger partial charge in [0, 0.05) is 49.2 Å². The Morgan fingerprint density at radius 1 is 0.463 bits per heavy atom. The number of benzene rings is 3. The third kappa shape index (κ3) is 14.5. The fourth-order valence-corrected chi connectivity index (χ4v) is 4.51. The van der Waals surface area contributed by atoms with Crippen LogP contribution in [0.3, 0.4) is 0 Å². The quantitative estimate of drug-likeness (QED) is 0.0538. The van der Waals surface area contributed by atoms with Crippen LogP contribution in [0.1, 0.15) is 98.6 Å². The Labute approximate surface area is 318 Å². The Morgan fingerprint density at radius 3 is 1.00 bits per heavy atom. The summed E-state index contributed by atoms with van der Waals surface area (Å²) in [4.78, 5) is 72.7. The van der Waals surface area contributed by atoms with Gasteiger partial charge in [-0.1, -0.05) is 90.9 Å². The van der Waals surface area contributed by atoms with Gasteiger partial charge in [0.15, 0.2) is 23.1 Å². The first-order chi connectivity index (χ1) is 26.0. The lowest BCUT2D eigenvalue weighted by molar-refractivity contribution is -0.122. The number of nitrogens with zero attached hydrogens (tertiary/aromatic N) is 3. The van der Waals surface area contributed by atoms with E-state index in [9.17, 15) is 24.0 Å². The van der Waals surface area contributed by atoms with Crippen molar-refractivity contribution in [2.24, 2.45) is 0 Å². The van der Waals surface area contributed by atoms with Crippen molar-refractivity contribution in [2.45, 2.75) is 87.5 Å². The molecule has 4 aromatic rings. The molecule has 0 aliphatic rings. The molecule has 1 aromatic heterocycles. The van der Waals surface area contributed by atoms with Gasteiger partial charge in [-0.3, -0.25) is 19.2 Å². The molecule has 3 N–H and O–H groups in total. The number of rotatable bonds is 17. The van der Waals surface area contributed by atoms with E-state index in [1.54, 1.807) is 71.0 Å². The fraction of sp³-hybridized carbons (Fsp3) is 0.302. The minimum absolute atomic E-state index is 0.184. The molecule has 0 bridgehead atoms. The van der Waals surface area contributed by atoms with E-state index < -0.39 is 0 Å². The molecule has 1 heterocycles. The minimum Gasteiger partial charge on any atom is -0.324 e. The van der Waals surface area contributed by atoms with Gasteiger partial charge in [0.2, 0.25) is 17.8 Å². The van der Waals surface area contributed by atoms with Crippen molar-refractivity contribution >= 4 is 76.0 Å². The van der Waals surface area contributed by atoms with E-state index in [0.29, 0.717) is 23.7 Å². The monoisotopic (exact) mass is 732 g/mol. The number of anilines is 6. The number of hydrogen-bond acceptors (Lipinski definition) is 11. The Hall–Kier alpha value is -6.10. The number of allylic oxidation sites excluding steroid dienone is 2. The van der Waals surface area contributed by atoms with Gasteiger partial charge < -0.3 is 20.7 Å². The van der Waals surface area contributed by atoms with Gasteiger partial charge in [-0.25, -0.2) is 0 Å². The maximum absolute atomic E-state index is 12.3. The standard InChI is InChI=1S/C37H38N6O4.C4H8O.C2H6/c1-5-31(44)29(32(45)6-2)22-24-14-18-27(19-15-24)39-36-41-35(38-26-12-10-9-11-13-26)42-37(43-36)40-28-20-16-25(17-21-28)23-30(33(46)7-3)34(47)8-4;1-3-4(2)5;1-2/h9-23H,5-8H2,1-4H3,(H3,38,39,40,41,42,43);3H2,1-2H3;1-2H3. The minimum atomic E-state index is -0.184. The van der Waals surface area contributed by atoms with Crippen LogP contribution >= 0.6 is 0 Å². The highest BCUT2D eigenvalue weighted by Crippen LogP contribution is 2.23. The first-order valence-corrected chi connectivity index (χ1v) is 18.4. The maximum Gasteiger partial charge on any atom is 0.233 e. The second-order valence-electron chi connectivity index (χ2n) is 11.6. The summed E-state index contributed by atoms with van der Waals surface area (Å²) in [6, 6.07) is 24.0. The highest BCUT2D eigenvalue weighted by molar-refractivity contribution is 6.23. The number of aromatic nitrogens is 3. The molecule has 11 heteroatoms. The summed E-state index contributed by atoms with van der Waals surface area (Å²) in [6.07, 6.45) is 4.95. The van der Waals surface area contributed by atoms with Crippen molar-refractivity contribution in [1.29, 1.82) is 0 Å². The van der Waals surface area contributed by atoms with E-state index >= 15 is 0 Å². The zero-order valence-electron chi connectivity index (χ0n) is 32.6. The summed E-state index contributed by atoms with van der Waals surface area (Å²) in [6.45, 7) is 14.4. The summed E-state index contributed by atoms with van der Waals surface area (Å²) in [5, 5.41) is 9.59. The SMILES string of the molecule is CC.CCC(=O)C(=Cc1ccc(Nc2nc(Nc3ccccc3)nc(Nc3ccc(C=C(C(=O)CC)C(=O)CC)cc3)n2)cc1)C(=O)CC.CCC(C)=O. The Morgan fingerprint density at radius 2 is 0.741 bits per heavy atom.